The van der Waals surface area contributed by atoms with Crippen LogP contribution in [-0.4, -0.2) is 22.9 Å². The molecule has 2 aromatic rings. The molecule has 0 unspecified atom stereocenters. The van der Waals surface area contributed by atoms with Crippen LogP contribution in [0.1, 0.15) is 19.5 Å². The molecule has 1 aromatic heterocycles. The highest BCUT2D eigenvalue weighted by Gasteiger charge is 2.00. The summed E-state index contributed by atoms with van der Waals surface area (Å²) in [5.74, 6) is 1.56. The van der Waals surface area contributed by atoms with Gasteiger partial charge in [-0.15, -0.1) is 0 Å². The predicted octanol–water partition coefficient (Wildman–Crippen LogP) is 2.71. The van der Waals surface area contributed by atoms with Crippen molar-refractivity contribution in [2.45, 2.75) is 26.9 Å². The fraction of sp³-hybridized carbons (Fsp3) is 0.438. The maximum absolute atomic E-state index is 5.66. The first-order valence-electron chi connectivity index (χ1n) is 7.15. The van der Waals surface area contributed by atoms with E-state index < -0.39 is 0 Å². The Labute approximate surface area is 120 Å². The van der Waals surface area contributed by atoms with E-state index in [1.165, 1.54) is 0 Å². The SMILES string of the molecule is CC(C)CNCc1ccn(CCOc2ccccc2)n1. The van der Waals surface area contributed by atoms with Gasteiger partial charge in [-0.1, -0.05) is 32.0 Å². The highest BCUT2D eigenvalue weighted by atomic mass is 16.5. The molecule has 0 atom stereocenters. The molecule has 4 nitrogen and oxygen atoms in total. The molecule has 1 N–H and O–H groups in total. The number of nitrogens with one attached hydrogen (secondary N) is 1. The average molecular weight is 273 g/mol. The van der Waals surface area contributed by atoms with Crippen LogP contribution in [0.3, 0.4) is 0 Å². The molecule has 1 heterocycles. The minimum absolute atomic E-state index is 0.630. The van der Waals surface area contributed by atoms with Crippen LogP contribution >= 0.6 is 0 Å². The topological polar surface area (TPSA) is 39.1 Å². The molecular formula is C16H23N3O. The quantitative estimate of drug-likeness (QED) is 0.804. The summed E-state index contributed by atoms with van der Waals surface area (Å²) in [5, 5.41) is 7.90. The van der Waals surface area contributed by atoms with Gasteiger partial charge in [0.25, 0.3) is 0 Å². The second kappa shape index (κ2) is 7.70. The van der Waals surface area contributed by atoms with Crippen molar-refractivity contribution in [3.8, 4) is 5.75 Å². The molecule has 0 aliphatic carbocycles. The Morgan fingerprint density at radius 3 is 2.75 bits per heavy atom. The number of hydrogen-bond donors (Lipinski definition) is 1. The highest BCUT2D eigenvalue weighted by Crippen LogP contribution is 2.08. The van der Waals surface area contributed by atoms with E-state index >= 15 is 0 Å². The highest BCUT2D eigenvalue weighted by molar-refractivity contribution is 5.20. The van der Waals surface area contributed by atoms with Crippen molar-refractivity contribution in [2.75, 3.05) is 13.2 Å². The zero-order valence-electron chi connectivity index (χ0n) is 12.2. The van der Waals surface area contributed by atoms with Crippen LogP contribution in [-0.2, 0) is 13.1 Å². The Balaban J connectivity index is 1.70. The van der Waals surface area contributed by atoms with E-state index in [-0.39, 0.29) is 0 Å². The Hall–Kier alpha value is -1.81. The second-order valence-electron chi connectivity index (χ2n) is 5.26. The van der Waals surface area contributed by atoms with E-state index in [2.05, 4.69) is 30.3 Å². The first-order valence-corrected chi connectivity index (χ1v) is 7.15. The van der Waals surface area contributed by atoms with Crippen LogP contribution in [0.5, 0.6) is 5.75 Å². The van der Waals surface area contributed by atoms with E-state index in [1.807, 2.05) is 41.2 Å². The predicted molar refractivity (Wildman–Crippen MR) is 80.7 cm³/mol. The smallest absolute Gasteiger partial charge is 0.119 e. The van der Waals surface area contributed by atoms with Crippen molar-refractivity contribution in [2.24, 2.45) is 5.92 Å². The minimum atomic E-state index is 0.630. The molecule has 0 aliphatic heterocycles. The van der Waals surface area contributed by atoms with Crippen molar-refractivity contribution in [1.82, 2.24) is 15.1 Å². The first kappa shape index (κ1) is 14.6. The van der Waals surface area contributed by atoms with Crippen LogP contribution in [0, 0.1) is 5.92 Å². The number of hydrogen-bond acceptors (Lipinski definition) is 3. The zero-order chi connectivity index (χ0) is 14.2. The molecule has 0 amide bonds. The summed E-state index contributed by atoms with van der Waals surface area (Å²) in [6.45, 7) is 7.64. The van der Waals surface area contributed by atoms with Crippen LogP contribution in [0.15, 0.2) is 42.6 Å². The third-order valence-corrected chi connectivity index (χ3v) is 2.89. The van der Waals surface area contributed by atoms with Gasteiger partial charge in [0.2, 0.25) is 0 Å². The molecule has 0 saturated carbocycles. The lowest BCUT2D eigenvalue weighted by molar-refractivity contribution is 0.291. The summed E-state index contributed by atoms with van der Waals surface area (Å²) in [7, 11) is 0. The van der Waals surface area contributed by atoms with Crippen LogP contribution < -0.4 is 10.1 Å². The van der Waals surface area contributed by atoms with Gasteiger partial charge in [-0.05, 0) is 30.7 Å². The third-order valence-electron chi connectivity index (χ3n) is 2.89. The Morgan fingerprint density at radius 2 is 2.00 bits per heavy atom. The van der Waals surface area contributed by atoms with Crippen molar-refractivity contribution < 1.29 is 4.74 Å². The Bertz CT molecular complexity index is 493. The van der Waals surface area contributed by atoms with Gasteiger partial charge in [-0.25, -0.2) is 0 Å². The minimum Gasteiger partial charge on any atom is -0.492 e. The van der Waals surface area contributed by atoms with Crippen LogP contribution in [0.2, 0.25) is 0 Å². The molecule has 0 bridgehead atoms. The van der Waals surface area contributed by atoms with Gasteiger partial charge >= 0.3 is 0 Å². The number of rotatable bonds is 8. The van der Waals surface area contributed by atoms with Gasteiger partial charge in [0.15, 0.2) is 0 Å². The lowest BCUT2D eigenvalue weighted by Crippen LogP contribution is -2.19. The normalized spacial score (nSPS) is 10.9. The zero-order valence-corrected chi connectivity index (χ0v) is 12.2. The monoisotopic (exact) mass is 273 g/mol. The van der Waals surface area contributed by atoms with Crippen molar-refractivity contribution in [3.63, 3.8) is 0 Å². The fourth-order valence-electron chi connectivity index (χ4n) is 1.89. The summed E-state index contributed by atoms with van der Waals surface area (Å²) >= 11 is 0. The number of benzene rings is 1. The number of para-hydroxylation sites is 1. The van der Waals surface area contributed by atoms with Crippen molar-refractivity contribution >= 4 is 0 Å². The van der Waals surface area contributed by atoms with Gasteiger partial charge in [-0.2, -0.15) is 5.10 Å². The molecule has 2 rings (SSSR count). The number of aromatic nitrogens is 2. The molecule has 1 aromatic carbocycles. The van der Waals surface area contributed by atoms with Gasteiger partial charge in [0.1, 0.15) is 12.4 Å². The van der Waals surface area contributed by atoms with Crippen molar-refractivity contribution in [1.29, 1.82) is 0 Å². The lowest BCUT2D eigenvalue weighted by Gasteiger charge is -2.06. The lowest BCUT2D eigenvalue weighted by atomic mass is 10.2. The molecule has 4 heteroatoms. The molecule has 20 heavy (non-hydrogen) atoms. The average Bonchev–Trinajstić information content (AvgIpc) is 2.87. The van der Waals surface area contributed by atoms with Crippen LogP contribution in [0.4, 0.5) is 0 Å². The molecule has 108 valence electrons. The molecule has 0 aliphatic rings. The standard InChI is InChI=1S/C16H23N3O/c1-14(2)12-17-13-15-8-9-19(18-15)10-11-20-16-6-4-3-5-7-16/h3-9,14,17H,10-13H2,1-2H3. The van der Waals surface area contributed by atoms with Gasteiger partial charge in [0, 0.05) is 12.7 Å². The fourth-order valence-corrected chi connectivity index (χ4v) is 1.89. The van der Waals surface area contributed by atoms with E-state index in [0.717, 1.165) is 31.1 Å². The Morgan fingerprint density at radius 1 is 1.20 bits per heavy atom. The number of nitrogens with zero attached hydrogens (tertiary/aromatic N) is 2. The maximum Gasteiger partial charge on any atom is 0.119 e. The van der Waals surface area contributed by atoms with E-state index in [9.17, 15) is 0 Å². The molecule has 0 spiro atoms. The van der Waals surface area contributed by atoms with E-state index in [1.54, 1.807) is 0 Å². The van der Waals surface area contributed by atoms with E-state index in [4.69, 9.17) is 4.74 Å². The molecule has 0 fully saturated rings. The largest absolute Gasteiger partial charge is 0.492 e. The summed E-state index contributed by atoms with van der Waals surface area (Å²) in [4.78, 5) is 0. The van der Waals surface area contributed by atoms with E-state index in [0.29, 0.717) is 12.5 Å². The second-order valence-corrected chi connectivity index (χ2v) is 5.26. The van der Waals surface area contributed by atoms with Gasteiger partial charge in [-0.3, -0.25) is 4.68 Å². The molecule has 0 saturated heterocycles. The van der Waals surface area contributed by atoms with Crippen LogP contribution in [0.25, 0.3) is 0 Å². The third kappa shape index (κ3) is 5.05. The number of ether oxygens (including phenoxy) is 1. The first-order chi connectivity index (χ1) is 9.74. The van der Waals surface area contributed by atoms with Gasteiger partial charge in [0.05, 0.1) is 12.2 Å². The summed E-state index contributed by atoms with van der Waals surface area (Å²) < 4.78 is 7.58. The summed E-state index contributed by atoms with van der Waals surface area (Å²) in [5.41, 5.74) is 1.07. The summed E-state index contributed by atoms with van der Waals surface area (Å²) in [6, 6.07) is 11.9. The summed E-state index contributed by atoms with van der Waals surface area (Å²) in [6.07, 6.45) is 2.00. The molecular weight excluding hydrogens is 250 g/mol. The van der Waals surface area contributed by atoms with Crippen molar-refractivity contribution in [3.05, 3.63) is 48.3 Å². The van der Waals surface area contributed by atoms with Gasteiger partial charge < -0.3 is 10.1 Å². The molecule has 0 radical (unpaired) electrons. The Kier molecular flexibility index (Phi) is 5.62. The maximum atomic E-state index is 5.66.